The highest BCUT2D eigenvalue weighted by Crippen LogP contribution is 2.31. The fraction of sp³-hybridized carbons (Fsp3) is 0.136. The van der Waals surface area contributed by atoms with Crippen LogP contribution in [0.2, 0.25) is 0 Å². The van der Waals surface area contributed by atoms with E-state index in [2.05, 4.69) is 6.07 Å². The Labute approximate surface area is 156 Å². The van der Waals surface area contributed by atoms with Crippen molar-refractivity contribution in [3.05, 3.63) is 87.9 Å². The summed E-state index contributed by atoms with van der Waals surface area (Å²) in [6.07, 6.45) is 3.80. The molecule has 1 aliphatic rings. The van der Waals surface area contributed by atoms with Crippen LogP contribution in [0, 0.1) is 5.82 Å². The number of carbonyl (C=O) groups excluding carboxylic acids is 1. The van der Waals surface area contributed by atoms with Gasteiger partial charge in [-0.25, -0.2) is 4.39 Å². The number of hydrogen-bond donors (Lipinski definition) is 0. The van der Waals surface area contributed by atoms with Gasteiger partial charge in [0.05, 0.1) is 0 Å². The molecule has 0 N–H and O–H groups in total. The molecule has 0 unspecified atom stereocenters. The molecule has 0 saturated heterocycles. The van der Waals surface area contributed by atoms with Crippen molar-refractivity contribution in [1.82, 2.24) is 0 Å². The molecule has 2 nitrogen and oxygen atoms in total. The van der Waals surface area contributed by atoms with E-state index in [1.165, 1.54) is 17.7 Å². The second kappa shape index (κ2) is 7.26. The van der Waals surface area contributed by atoms with Crippen LogP contribution in [0.4, 0.5) is 10.1 Å². The summed E-state index contributed by atoms with van der Waals surface area (Å²) in [4.78, 5) is 15.3. The van der Waals surface area contributed by atoms with Crippen LogP contribution >= 0.6 is 11.3 Å². The smallest absolute Gasteiger partial charge is 0.258 e. The topological polar surface area (TPSA) is 20.3 Å². The van der Waals surface area contributed by atoms with Gasteiger partial charge in [-0.3, -0.25) is 4.79 Å². The molecule has 0 radical (unpaired) electrons. The molecule has 2 aromatic carbocycles. The van der Waals surface area contributed by atoms with Crippen LogP contribution in [-0.2, 0) is 11.2 Å². The van der Waals surface area contributed by atoms with Gasteiger partial charge in [0, 0.05) is 17.8 Å². The Kier molecular flexibility index (Phi) is 4.67. The van der Waals surface area contributed by atoms with Gasteiger partial charge in [-0.05, 0) is 70.6 Å². The van der Waals surface area contributed by atoms with Crippen molar-refractivity contribution in [3.8, 4) is 0 Å². The quantitative estimate of drug-likeness (QED) is 0.570. The third-order valence-corrected chi connectivity index (χ3v) is 5.28. The number of benzene rings is 2. The normalized spacial score (nSPS) is 14.2. The average Bonchev–Trinajstić information content (AvgIpc) is 3.21. The van der Waals surface area contributed by atoms with Crippen molar-refractivity contribution >= 4 is 34.6 Å². The summed E-state index contributed by atoms with van der Waals surface area (Å²) >= 11 is 1.56. The maximum Gasteiger partial charge on any atom is 0.258 e. The number of rotatable bonds is 3. The molecule has 1 aliphatic heterocycles. The lowest BCUT2D eigenvalue weighted by molar-refractivity contribution is -0.113. The van der Waals surface area contributed by atoms with E-state index in [1.807, 2.05) is 46.0 Å². The molecule has 0 atom stereocenters. The van der Waals surface area contributed by atoms with E-state index in [4.69, 9.17) is 0 Å². The molecule has 1 aromatic heterocycles. The fourth-order valence-electron chi connectivity index (χ4n) is 3.30. The molecule has 4 rings (SSSR count). The molecule has 0 bridgehead atoms. The van der Waals surface area contributed by atoms with Crippen molar-refractivity contribution in [2.45, 2.75) is 12.8 Å². The van der Waals surface area contributed by atoms with Crippen LogP contribution in [-0.4, -0.2) is 12.5 Å². The molecule has 4 heteroatoms. The first-order valence-corrected chi connectivity index (χ1v) is 9.56. The van der Waals surface area contributed by atoms with E-state index in [0.717, 1.165) is 29.7 Å². The number of aryl methyl sites for hydroxylation is 1. The van der Waals surface area contributed by atoms with Gasteiger partial charge in [0.25, 0.3) is 5.91 Å². The number of halogens is 1. The summed E-state index contributed by atoms with van der Waals surface area (Å²) in [5.41, 5.74) is 4.54. The second-order valence-electron chi connectivity index (χ2n) is 6.31. The Morgan fingerprint density at radius 1 is 1.08 bits per heavy atom. The largest absolute Gasteiger partial charge is 0.308 e. The van der Waals surface area contributed by atoms with Gasteiger partial charge >= 0.3 is 0 Å². The molecule has 2 heterocycles. The molecular weight excluding hydrogens is 345 g/mol. The summed E-state index contributed by atoms with van der Waals surface area (Å²) < 4.78 is 13.2. The lowest BCUT2D eigenvalue weighted by atomic mass is 9.98. The predicted octanol–water partition coefficient (Wildman–Crippen LogP) is 5.41. The van der Waals surface area contributed by atoms with Gasteiger partial charge in [-0.1, -0.05) is 30.3 Å². The van der Waals surface area contributed by atoms with Crippen LogP contribution in [0.5, 0.6) is 0 Å². The van der Waals surface area contributed by atoms with E-state index in [9.17, 15) is 9.18 Å². The Balaban J connectivity index is 1.76. The monoisotopic (exact) mass is 363 g/mol. The van der Waals surface area contributed by atoms with Crippen LogP contribution < -0.4 is 4.90 Å². The van der Waals surface area contributed by atoms with Gasteiger partial charge in [0.1, 0.15) is 5.82 Å². The number of thiophene rings is 1. The average molecular weight is 363 g/mol. The maximum atomic E-state index is 13.4. The molecule has 0 fully saturated rings. The molecule has 3 aromatic rings. The van der Waals surface area contributed by atoms with Crippen LogP contribution in [0.3, 0.4) is 0 Å². The highest BCUT2D eigenvalue weighted by molar-refractivity contribution is 7.08. The SMILES string of the molecule is O=C(/C(=C/c1ccc(F)cc1)c1ccsc1)N1CCCc2ccccc21. The molecule has 130 valence electrons. The summed E-state index contributed by atoms with van der Waals surface area (Å²) in [6, 6.07) is 16.2. The number of amides is 1. The van der Waals surface area contributed by atoms with E-state index in [0.29, 0.717) is 12.1 Å². The van der Waals surface area contributed by atoms with E-state index >= 15 is 0 Å². The number of nitrogens with zero attached hydrogens (tertiary/aromatic N) is 1. The minimum absolute atomic E-state index is 0.0140. The first kappa shape index (κ1) is 16.7. The third-order valence-electron chi connectivity index (χ3n) is 4.60. The number of anilines is 1. The number of fused-ring (bicyclic) bond motifs is 1. The molecule has 0 aliphatic carbocycles. The first-order valence-electron chi connectivity index (χ1n) is 8.62. The zero-order valence-corrected chi connectivity index (χ0v) is 15.0. The third kappa shape index (κ3) is 3.33. The van der Waals surface area contributed by atoms with E-state index in [1.54, 1.807) is 23.5 Å². The molecule has 1 amide bonds. The van der Waals surface area contributed by atoms with Crippen molar-refractivity contribution in [2.75, 3.05) is 11.4 Å². The zero-order valence-electron chi connectivity index (χ0n) is 14.2. The molecule has 26 heavy (non-hydrogen) atoms. The van der Waals surface area contributed by atoms with Crippen molar-refractivity contribution in [3.63, 3.8) is 0 Å². The lowest BCUT2D eigenvalue weighted by Gasteiger charge is -2.30. The predicted molar refractivity (Wildman–Crippen MR) is 106 cm³/mol. The summed E-state index contributed by atoms with van der Waals surface area (Å²) in [5, 5.41) is 3.94. The fourth-order valence-corrected chi connectivity index (χ4v) is 3.96. The van der Waals surface area contributed by atoms with Gasteiger partial charge in [-0.2, -0.15) is 11.3 Å². The van der Waals surface area contributed by atoms with E-state index in [-0.39, 0.29) is 11.7 Å². The minimum Gasteiger partial charge on any atom is -0.308 e. The van der Waals surface area contributed by atoms with Crippen LogP contribution in [0.1, 0.15) is 23.1 Å². The van der Waals surface area contributed by atoms with Gasteiger partial charge in [0.15, 0.2) is 0 Å². The number of carbonyl (C=O) groups is 1. The Hall–Kier alpha value is -2.72. The van der Waals surface area contributed by atoms with Gasteiger partial charge in [0.2, 0.25) is 0 Å². The van der Waals surface area contributed by atoms with Gasteiger partial charge < -0.3 is 4.90 Å². The molecule has 0 saturated carbocycles. The number of hydrogen-bond acceptors (Lipinski definition) is 2. The lowest BCUT2D eigenvalue weighted by Crippen LogP contribution is -2.35. The highest BCUT2D eigenvalue weighted by Gasteiger charge is 2.25. The highest BCUT2D eigenvalue weighted by atomic mass is 32.1. The van der Waals surface area contributed by atoms with Crippen molar-refractivity contribution in [2.24, 2.45) is 0 Å². The standard InChI is InChI=1S/C22H18FNOS/c23-19-9-7-16(8-10-19)14-20(18-11-13-26-15-18)22(25)24-12-3-5-17-4-1-2-6-21(17)24/h1-2,4,6-11,13-15H,3,5,12H2/b20-14+. The first-order chi connectivity index (χ1) is 12.7. The summed E-state index contributed by atoms with van der Waals surface area (Å²) in [5.74, 6) is -0.296. The zero-order chi connectivity index (χ0) is 17.9. The van der Waals surface area contributed by atoms with Gasteiger partial charge in [-0.15, -0.1) is 0 Å². The summed E-state index contributed by atoms with van der Waals surface area (Å²) in [7, 11) is 0. The van der Waals surface area contributed by atoms with Crippen LogP contribution in [0.25, 0.3) is 11.6 Å². The molecule has 0 spiro atoms. The number of para-hydroxylation sites is 1. The Morgan fingerprint density at radius 2 is 1.88 bits per heavy atom. The minimum atomic E-state index is -0.282. The Morgan fingerprint density at radius 3 is 2.65 bits per heavy atom. The second-order valence-corrected chi connectivity index (χ2v) is 7.09. The summed E-state index contributed by atoms with van der Waals surface area (Å²) in [6.45, 7) is 0.709. The van der Waals surface area contributed by atoms with Crippen LogP contribution in [0.15, 0.2) is 65.4 Å². The van der Waals surface area contributed by atoms with E-state index < -0.39 is 0 Å². The maximum absolute atomic E-state index is 13.4. The van der Waals surface area contributed by atoms with Crippen molar-refractivity contribution in [1.29, 1.82) is 0 Å². The van der Waals surface area contributed by atoms with Crippen molar-refractivity contribution < 1.29 is 9.18 Å². The Bertz CT molecular complexity index is 945. The molecular formula is C22H18FNOS.